The van der Waals surface area contributed by atoms with Gasteiger partial charge in [0.2, 0.25) is 5.91 Å². The fraction of sp³-hybridized carbons (Fsp3) is 0.233. The van der Waals surface area contributed by atoms with Crippen molar-refractivity contribution in [2.75, 3.05) is 6.54 Å². The number of carbonyl (C=O) groups excluding carboxylic acids is 2. The number of carboxylic acids is 1. The average Bonchev–Trinajstić information content (AvgIpc) is 3.01. The Morgan fingerprint density at radius 2 is 1.55 bits per heavy atom. The summed E-state index contributed by atoms with van der Waals surface area (Å²) in [4.78, 5) is 42.9. The van der Waals surface area contributed by atoms with Crippen LogP contribution in [0.1, 0.15) is 55.0 Å². The average molecular weight is 654 g/mol. The molecule has 1 unspecified atom stereocenters. The normalized spacial score (nSPS) is 16.2. The molecule has 3 aromatic rings. The van der Waals surface area contributed by atoms with Gasteiger partial charge in [0.05, 0.1) is 11.7 Å². The predicted molar refractivity (Wildman–Crippen MR) is 163 cm³/mol. The summed E-state index contributed by atoms with van der Waals surface area (Å²) in [5.41, 5.74) is 2.59. The van der Waals surface area contributed by atoms with E-state index in [4.69, 9.17) is 28.3 Å². The monoisotopic (exact) mass is 652 g/mol. The third-order valence-corrected chi connectivity index (χ3v) is 7.91. The SMILES string of the molecule is C[C@H](c1ccc(Cl)cc1)N1C(=O)C=C(c2ccccc2Br)N(CCCCC(=O)O)C(=O)C1c1ccc(Cl)cc1.[NaH]. The molecule has 2 amide bonds. The van der Waals surface area contributed by atoms with E-state index in [0.29, 0.717) is 39.7 Å². The van der Waals surface area contributed by atoms with E-state index < -0.39 is 18.1 Å². The first-order chi connectivity index (χ1) is 18.7. The standard InChI is InChI=1S/C30H27BrCl2N2O4.Na.H/c1-19(20-9-13-22(32)14-10-20)35-27(36)18-26(24-6-2-3-7-25(24)31)34(17-5-4-8-28(37)38)30(39)29(35)21-11-15-23(33)16-12-21;;/h2-3,6-7,9-16,18-19,29H,4-5,8,17H2,1H3,(H,37,38);;/t19-,29?;;/m1../s1. The number of hydrogen-bond donors (Lipinski definition) is 1. The van der Waals surface area contributed by atoms with Crippen LogP contribution in [0.15, 0.2) is 83.3 Å². The van der Waals surface area contributed by atoms with E-state index in [9.17, 15) is 14.4 Å². The molecule has 0 aromatic heterocycles. The molecule has 3 aromatic carbocycles. The molecule has 0 aliphatic carbocycles. The van der Waals surface area contributed by atoms with E-state index in [2.05, 4.69) is 15.9 Å². The molecule has 0 saturated carbocycles. The molecule has 10 heteroatoms. The van der Waals surface area contributed by atoms with Crippen molar-refractivity contribution in [2.45, 2.75) is 38.3 Å². The van der Waals surface area contributed by atoms with Gasteiger partial charge in [-0.05, 0) is 61.2 Å². The molecule has 204 valence electrons. The molecule has 0 spiro atoms. The summed E-state index contributed by atoms with van der Waals surface area (Å²) in [6.07, 6.45) is 2.34. The number of carboxylic acid groups (broad SMARTS) is 1. The van der Waals surface area contributed by atoms with Gasteiger partial charge in [0.15, 0.2) is 0 Å². The molecule has 1 N–H and O–H groups in total. The molecule has 1 aliphatic rings. The van der Waals surface area contributed by atoms with Crippen molar-refractivity contribution >= 4 is 92.2 Å². The number of carbonyl (C=O) groups is 3. The molecular formula is C30H28BrCl2N2NaO4. The van der Waals surface area contributed by atoms with Gasteiger partial charge in [-0.25, -0.2) is 0 Å². The van der Waals surface area contributed by atoms with Crippen LogP contribution in [0.3, 0.4) is 0 Å². The topological polar surface area (TPSA) is 77.9 Å². The second-order valence-electron chi connectivity index (χ2n) is 9.28. The number of hydrogen-bond acceptors (Lipinski definition) is 3. The fourth-order valence-electron chi connectivity index (χ4n) is 4.72. The molecule has 1 heterocycles. The van der Waals surface area contributed by atoms with E-state index in [1.165, 1.54) is 6.08 Å². The van der Waals surface area contributed by atoms with Gasteiger partial charge in [-0.1, -0.05) is 81.6 Å². The molecule has 0 fully saturated rings. The van der Waals surface area contributed by atoms with E-state index in [1.54, 1.807) is 46.2 Å². The van der Waals surface area contributed by atoms with Crippen LogP contribution in [0, 0.1) is 0 Å². The number of nitrogens with zero attached hydrogens (tertiary/aromatic N) is 2. The Morgan fingerprint density at radius 3 is 2.15 bits per heavy atom. The number of rotatable bonds is 9. The summed E-state index contributed by atoms with van der Waals surface area (Å²) in [7, 11) is 0. The van der Waals surface area contributed by atoms with Crippen molar-refractivity contribution < 1.29 is 19.5 Å². The molecule has 0 radical (unpaired) electrons. The first kappa shape index (κ1) is 32.4. The Kier molecular flexibility index (Phi) is 11.9. The van der Waals surface area contributed by atoms with Crippen LogP contribution in [0.2, 0.25) is 10.0 Å². The Labute approximate surface area is 274 Å². The first-order valence-corrected chi connectivity index (χ1v) is 14.0. The number of aliphatic carboxylic acids is 1. The maximum atomic E-state index is 14.5. The summed E-state index contributed by atoms with van der Waals surface area (Å²) in [6.45, 7) is 2.13. The minimum atomic E-state index is -0.948. The maximum absolute atomic E-state index is 14.5. The van der Waals surface area contributed by atoms with Gasteiger partial charge >= 0.3 is 35.5 Å². The number of halogens is 3. The third kappa shape index (κ3) is 7.58. The first-order valence-electron chi connectivity index (χ1n) is 12.5. The molecule has 0 saturated heterocycles. The Bertz CT molecular complexity index is 1400. The Morgan fingerprint density at radius 1 is 0.950 bits per heavy atom. The van der Waals surface area contributed by atoms with Crippen molar-refractivity contribution in [1.29, 1.82) is 0 Å². The zero-order chi connectivity index (χ0) is 28.1. The molecule has 0 bridgehead atoms. The zero-order valence-electron chi connectivity index (χ0n) is 21.2. The number of benzene rings is 3. The van der Waals surface area contributed by atoms with Crippen molar-refractivity contribution in [3.8, 4) is 0 Å². The van der Waals surface area contributed by atoms with Gasteiger partial charge in [0, 0.05) is 39.1 Å². The third-order valence-electron chi connectivity index (χ3n) is 6.71. The van der Waals surface area contributed by atoms with E-state index in [0.717, 1.165) is 10.0 Å². The molecular weight excluding hydrogens is 626 g/mol. The van der Waals surface area contributed by atoms with Crippen LogP contribution in [0.5, 0.6) is 0 Å². The van der Waals surface area contributed by atoms with Crippen LogP contribution >= 0.6 is 39.1 Å². The van der Waals surface area contributed by atoms with Crippen molar-refractivity contribution in [2.24, 2.45) is 0 Å². The van der Waals surface area contributed by atoms with Gasteiger partial charge in [-0.2, -0.15) is 0 Å². The van der Waals surface area contributed by atoms with E-state index in [-0.39, 0.29) is 54.3 Å². The quantitative estimate of drug-likeness (QED) is 0.202. The fourth-order valence-corrected chi connectivity index (χ4v) is 5.46. The van der Waals surface area contributed by atoms with E-state index >= 15 is 0 Å². The number of amides is 2. The van der Waals surface area contributed by atoms with Crippen LogP contribution in [-0.4, -0.2) is 68.8 Å². The molecule has 40 heavy (non-hydrogen) atoms. The van der Waals surface area contributed by atoms with Gasteiger partial charge < -0.3 is 14.9 Å². The van der Waals surface area contributed by atoms with Gasteiger partial charge in [0.1, 0.15) is 6.04 Å². The zero-order valence-corrected chi connectivity index (χ0v) is 24.3. The van der Waals surface area contributed by atoms with Crippen molar-refractivity contribution in [1.82, 2.24) is 9.80 Å². The molecule has 2 atom stereocenters. The van der Waals surface area contributed by atoms with Crippen molar-refractivity contribution in [3.63, 3.8) is 0 Å². The minimum absolute atomic E-state index is 0. The Balaban J connectivity index is 0.00000441. The summed E-state index contributed by atoms with van der Waals surface area (Å²) in [6, 6.07) is 20.1. The van der Waals surface area contributed by atoms with Gasteiger partial charge in [0.25, 0.3) is 5.91 Å². The molecule has 1 aliphatic heterocycles. The van der Waals surface area contributed by atoms with Crippen LogP contribution < -0.4 is 0 Å². The van der Waals surface area contributed by atoms with Crippen LogP contribution in [0.25, 0.3) is 5.70 Å². The number of unbranched alkanes of at least 4 members (excludes halogenated alkanes) is 1. The van der Waals surface area contributed by atoms with Gasteiger partial charge in [-0.15, -0.1) is 0 Å². The van der Waals surface area contributed by atoms with Gasteiger partial charge in [-0.3, -0.25) is 14.4 Å². The summed E-state index contributed by atoms with van der Waals surface area (Å²) < 4.78 is 0.731. The van der Waals surface area contributed by atoms with Crippen LogP contribution in [-0.2, 0) is 14.4 Å². The second-order valence-corrected chi connectivity index (χ2v) is 11.0. The molecule has 4 rings (SSSR count). The van der Waals surface area contributed by atoms with Crippen molar-refractivity contribution in [3.05, 3.63) is 110 Å². The van der Waals surface area contributed by atoms with E-state index in [1.807, 2.05) is 43.3 Å². The predicted octanol–water partition coefficient (Wildman–Crippen LogP) is 6.88. The molecule has 6 nitrogen and oxygen atoms in total. The summed E-state index contributed by atoms with van der Waals surface area (Å²) in [5, 5.41) is 10.2. The summed E-state index contributed by atoms with van der Waals surface area (Å²) >= 11 is 15.9. The summed E-state index contributed by atoms with van der Waals surface area (Å²) in [5.74, 6) is -1.51. The second kappa shape index (κ2) is 14.7. The van der Waals surface area contributed by atoms with Crippen LogP contribution in [0.4, 0.5) is 0 Å². The Hall–Kier alpha value is -2.13.